The van der Waals surface area contributed by atoms with Gasteiger partial charge >= 0.3 is 6.09 Å². The molecule has 24 heavy (non-hydrogen) atoms. The molecule has 2 aromatic rings. The lowest BCUT2D eigenvalue weighted by atomic mass is 10.0. The first-order valence-electron chi connectivity index (χ1n) is 8.12. The molecule has 0 fully saturated rings. The molecule has 0 saturated heterocycles. The second kappa shape index (κ2) is 7.03. The number of hydrogen-bond donors (Lipinski definition) is 1. The van der Waals surface area contributed by atoms with Gasteiger partial charge in [-0.1, -0.05) is 24.2 Å². The summed E-state index contributed by atoms with van der Waals surface area (Å²) in [4.78, 5) is 16.2. The smallest absolute Gasteiger partial charge is 0.408 e. The Morgan fingerprint density at radius 1 is 1.38 bits per heavy atom. The predicted molar refractivity (Wildman–Crippen MR) is 91.6 cm³/mol. The van der Waals surface area contributed by atoms with Gasteiger partial charge in [0.2, 0.25) is 11.7 Å². The first kappa shape index (κ1) is 18.0. The number of benzene rings is 1. The van der Waals surface area contributed by atoms with Gasteiger partial charge in [0.05, 0.1) is 0 Å². The Morgan fingerprint density at radius 2 is 2.08 bits per heavy atom. The molecule has 1 aromatic heterocycles. The van der Waals surface area contributed by atoms with Crippen LogP contribution in [0.5, 0.6) is 0 Å². The highest BCUT2D eigenvalue weighted by Crippen LogP contribution is 2.22. The van der Waals surface area contributed by atoms with Crippen molar-refractivity contribution in [3.05, 3.63) is 35.2 Å². The van der Waals surface area contributed by atoms with E-state index in [9.17, 15) is 4.79 Å². The van der Waals surface area contributed by atoms with Crippen molar-refractivity contribution in [2.45, 2.75) is 59.6 Å². The SMILES string of the molecule is CCc1ccc(-c2noc([C@@H](C)NC(=O)OC(C)(C)C)n2)cc1C. The highest BCUT2D eigenvalue weighted by Gasteiger charge is 2.21. The maximum absolute atomic E-state index is 11.8. The molecule has 0 aliphatic rings. The molecule has 1 atom stereocenters. The summed E-state index contributed by atoms with van der Waals surface area (Å²) in [6, 6.07) is 5.66. The Morgan fingerprint density at radius 3 is 2.67 bits per heavy atom. The number of carbonyl (C=O) groups is 1. The number of alkyl carbamates (subject to hydrolysis) is 1. The van der Waals surface area contributed by atoms with Crippen molar-refractivity contribution in [3.8, 4) is 11.4 Å². The highest BCUT2D eigenvalue weighted by molar-refractivity contribution is 5.68. The number of nitrogens with zero attached hydrogens (tertiary/aromatic N) is 2. The Hall–Kier alpha value is -2.37. The first-order chi connectivity index (χ1) is 11.2. The number of hydrogen-bond acceptors (Lipinski definition) is 5. The molecule has 0 aliphatic heterocycles. The van der Waals surface area contributed by atoms with E-state index in [0.717, 1.165) is 12.0 Å². The third-order valence-electron chi connectivity index (χ3n) is 3.53. The monoisotopic (exact) mass is 331 g/mol. The number of nitrogens with one attached hydrogen (secondary N) is 1. The zero-order valence-corrected chi connectivity index (χ0v) is 15.1. The normalized spacial score (nSPS) is 12.8. The molecular formula is C18H25N3O3. The standard InChI is InChI=1S/C18H25N3O3/c1-7-13-8-9-14(10-11(13)2)15-20-16(24-21-15)12(3)19-17(22)23-18(4,5)6/h8-10,12H,7H2,1-6H3,(H,19,22)/t12-/m1/s1. The van der Waals surface area contributed by atoms with Crippen LogP contribution in [0.25, 0.3) is 11.4 Å². The lowest BCUT2D eigenvalue weighted by Gasteiger charge is -2.20. The van der Waals surface area contributed by atoms with E-state index in [1.807, 2.05) is 32.9 Å². The van der Waals surface area contributed by atoms with Gasteiger partial charge in [-0.25, -0.2) is 4.79 Å². The van der Waals surface area contributed by atoms with E-state index in [1.165, 1.54) is 11.1 Å². The van der Waals surface area contributed by atoms with E-state index < -0.39 is 17.7 Å². The minimum Gasteiger partial charge on any atom is -0.444 e. The van der Waals surface area contributed by atoms with Crippen LogP contribution in [-0.4, -0.2) is 21.8 Å². The fourth-order valence-electron chi connectivity index (χ4n) is 2.31. The van der Waals surface area contributed by atoms with E-state index in [2.05, 4.69) is 35.4 Å². The van der Waals surface area contributed by atoms with Gasteiger partial charge in [0, 0.05) is 5.56 Å². The average molecular weight is 331 g/mol. The topological polar surface area (TPSA) is 77.2 Å². The van der Waals surface area contributed by atoms with Gasteiger partial charge < -0.3 is 14.6 Å². The molecule has 0 spiro atoms. The zero-order chi connectivity index (χ0) is 17.9. The fraction of sp³-hybridized carbons (Fsp3) is 0.500. The molecule has 1 amide bonds. The summed E-state index contributed by atoms with van der Waals surface area (Å²) in [7, 11) is 0. The van der Waals surface area contributed by atoms with Crippen molar-refractivity contribution >= 4 is 6.09 Å². The van der Waals surface area contributed by atoms with E-state index in [0.29, 0.717) is 11.7 Å². The van der Waals surface area contributed by atoms with Crippen molar-refractivity contribution in [2.75, 3.05) is 0 Å². The number of ether oxygens (including phenoxy) is 1. The van der Waals surface area contributed by atoms with Crippen LogP contribution in [0.4, 0.5) is 4.79 Å². The molecule has 0 aliphatic carbocycles. The van der Waals surface area contributed by atoms with Crippen LogP contribution in [0.3, 0.4) is 0 Å². The Balaban J connectivity index is 2.10. The summed E-state index contributed by atoms with van der Waals surface area (Å²) in [5.74, 6) is 0.849. The molecule has 0 saturated carbocycles. The summed E-state index contributed by atoms with van der Waals surface area (Å²) >= 11 is 0. The molecule has 0 bridgehead atoms. The van der Waals surface area contributed by atoms with Crippen LogP contribution in [0.2, 0.25) is 0 Å². The van der Waals surface area contributed by atoms with Gasteiger partial charge in [-0.15, -0.1) is 0 Å². The summed E-state index contributed by atoms with van der Waals surface area (Å²) in [5.41, 5.74) is 2.83. The zero-order valence-electron chi connectivity index (χ0n) is 15.1. The molecule has 130 valence electrons. The lowest BCUT2D eigenvalue weighted by Crippen LogP contribution is -2.34. The molecule has 2 rings (SSSR count). The molecule has 1 heterocycles. The van der Waals surface area contributed by atoms with E-state index in [1.54, 1.807) is 6.92 Å². The molecular weight excluding hydrogens is 306 g/mol. The fourth-order valence-corrected chi connectivity index (χ4v) is 2.31. The summed E-state index contributed by atoms with van der Waals surface area (Å²) < 4.78 is 10.5. The number of aromatic nitrogens is 2. The van der Waals surface area contributed by atoms with Crippen molar-refractivity contribution in [2.24, 2.45) is 0 Å². The largest absolute Gasteiger partial charge is 0.444 e. The second-order valence-corrected chi connectivity index (χ2v) is 6.82. The van der Waals surface area contributed by atoms with Crippen molar-refractivity contribution < 1.29 is 14.1 Å². The van der Waals surface area contributed by atoms with Gasteiger partial charge in [0.25, 0.3) is 0 Å². The van der Waals surface area contributed by atoms with E-state index >= 15 is 0 Å². The highest BCUT2D eigenvalue weighted by atomic mass is 16.6. The second-order valence-electron chi connectivity index (χ2n) is 6.82. The Kier molecular flexibility index (Phi) is 5.26. The lowest BCUT2D eigenvalue weighted by molar-refractivity contribution is 0.0499. The Labute approximate surface area is 142 Å². The Bertz CT molecular complexity index is 717. The average Bonchev–Trinajstić information content (AvgIpc) is 2.94. The van der Waals surface area contributed by atoms with Crippen LogP contribution in [-0.2, 0) is 11.2 Å². The van der Waals surface area contributed by atoms with Gasteiger partial charge in [-0.2, -0.15) is 4.98 Å². The minimum absolute atomic E-state index is 0.341. The molecule has 1 N–H and O–H groups in total. The molecule has 1 aromatic carbocycles. The number of rotatable bonds is 4. The van der Waals surface area contributed by atoms with Crippen molar-refractivity contribution in [1.82, 2.24) is 15.5 Å². The molecule has 6 nitrogen and oxygen atoms in total. The van der Waals surface area contributed by atoms with Crippen LogP contribution < -0.4 is 5.32 Å². The first-order valence-corrected chi connectivity index (χ1v) is 8.12. The third-order valence-corrected chi connectivity index (χ3v) is 3.53. The van der Waals surface area contributed by atoms with Gasteiger partial charge in [0.1, 0.15) is 11.6 Å². The van der Waals surface area contributed by atoms with Gasteiger partial charge in [-0.3, -0.25) is 0 Å². The van der Waals surface area contributed by atoms with Gasteiger partial charge in [0.15, 0.2) is 0 Å². The summed E-state index contributed by atoms with van der Waals surface area (Å²) in [6.07, 6.45) is 0.471. The van der Waals surface area contributed by atoms with E-state index in [-0.39, 0.29) is 0 Å². The minimum atomic E-state index is -0.553. The van der Waals surface area contributed by atoms with Crippen LogP contribution >= 0.6 is 0 Å². The van der Waals surface area contributed by atoms with Gasteiger partial charge in [-0.05, 0) is 58.2 Å². The quantitative estimate of drug-likeness (QED) is 0.909. The molecule has 0 unspecified atom stereocenters. The molecule has 6 heteroatoms. The predicted octanol–water partition coefficient (Wildman–Crippen LogP) is 4.19. The van der Waals surface area contributed by atoms with E-state index in [4.69, 9.17) is 9.26 Å². The molecule has 0 radical (unpaired) electrons. The maximum Gasteiger partial charge on any atom is 0.408 e. The van der Waals surface area contributed by atoms with Crippen molar-refractivity contribution in [3.63, 3.8) is 0 Å². The van der Waals surface area contributed by atoms with Crippen molar-refractivity contribution in [1.29, 1.82) is 0 Å². The van der Waals surface area contributed by atoms with Crippen LogP contribution in [0.1, 0.15) is 57.7 Å². The summed E-state index contributed by atoms with van der Waals surface area (Å²) in [5, 5.41) is 6.70. The number of aryl methyl sites for hydroxylation is 2. The van der Waals surface area contributed by atoms with Crippen LogP contribution in [0.15, 0.2) is 22.7 Å². The van der Waals surface area contributed by atoms with Crippen LogP contribution in [0, 0.1) is 6.92 Å². The number of carbonyl (C=O) groups excluding carboxylic acids is 1. The summed E-state index contributed by atoms with van der Waals surface area (Å²) in [6.45, 7) is 11.4. The number of amides is 1. The maximum atomic E-state index is 11.8. The third kappa shape index (κ3) is 4.57.